The van der Waals surface area contributed by atoms with Crippen molar-refractivity contribution in [3.63, 3.8) is 0 Å². The van der Waals surface area contributed by atoms with Crippen LogP contribution in [0.3, 0.4) is 0 Å². The lowest BCUT2D eigenvalue weighted by Crippen LogP contribution is -2.00. The van der Waals surface area contributed by atoms with Gasteiger partial charge in [0.25, 0.3) is 14.7 Å². The van der Waals surface area contributed by atoms with Crippen LogP contribution in [0.15, 0.2) is 23.1 Å². The third-order valence-corrected chi connectivity index (χ3v) is 3.05. The molecule has 88 valence electrons. The summed E-state index contributed by atoms with van der Waals surface area (Å²) in [6.45, 7) is 2.02. The van der Waals surface area contributed by atoms with Gasteiger partial charge in [0.15, 0.2) is 4.90 Å². The first-order valence-electron chi connectivity index (χ1n) is 4.22. The van der Waals surface area contributed by atoms with Crippen molar-refractivity contribution in [2.75, 3.05) is 6.61 Å². The molecule has 0 saturated heterocycles. The minimum absolute atomic E-state index is 0.215. The molecule has 8 heteroatoms. The third-order valence-electron chi connectivity index (χ3n) is 1.70. The van der Waals surface area contributed by atoms with Crippen molar-refractivity contribution in [1.29, 1.82) is 0 Å². The average Bonchev–Trinajstić information content (AvgIpc) is 2.16. The number of ether oxygens (including phenoxy) is 1. The maximum Gasteiger partial charge on any atom is 0.289 e. The number of rotatable bonds is 4. The van der Waals surface area contributed by atoms with Gasteiger partial charge in [-0.05, 0) is 13.0 Å². The van der Waals surface area contributed by atoms with E-state index in [1.54, 1.807) is 6.92 Å². The molecule has 6 nitrogen and oxygen atoms in total. The topological polar surface area (TPSA) is 86.5 Å². The van der Waals surface area contributed by atoms with Crippen molar-refractivity contribution in [3.05, 3.63) is 28.3 Å². The minimum atomic E-state index is -4.17. The summed E-state index contributed by atoms with van der Waals surface area (Å²) in [5, 5.41) is 10.6. The molecule has 0 N–H and O–H groups in total. The summed E-state index contributed by atoms with van der Waals surface area (Å²) in [7, 11) is 0.923. The molecular formula is C8H8ClNO5S. The highest BCUT2D eigenvalue weighted by molar-refractivity contribution is 8.13. The van der Waals surface area contributed by atoms with E-state index in [0.29, 0.717) is 6.61 Å². The van der Waals surface area contributed by atoms with Crippen LogP contribution in [0, 0.1) is 10.1 Å². The Morgan fingerprint density at radius 1 is 1.50 bits per heavy atom. The Morgan fingerprint density at radius 2 is 2.12 bits per heavy atom. The van der Waals surface area contributed by atoms with Crippen molar-refractivity contribution >= 4 is 25.4 Å². The van der Waals surface area contributed by atoms with Gasteiger partial charge in [-0.3, -0.25) is 10.1 Å². The Bertz CT molecular complexity index is 513. The molecule has 1 aromatic carbocycles. The smallest absolute Gasteiger partial charge is 0.289 e. The van der Waals surface area contributed by atoms with Crippen LogP contribution in [-0.2, 0) is 9.05 Å². The highest BCUT2D eigenvalue weighted by atomic mass is 35.7. The van der Waals surface area contributed by atoms with Crippen LogP contribution in [0.1, 0.15) is 6.92 Å². The lowest BCUT2D eigenvalue weighted by molar-refractivity contribution is -0.387. The standard InChI is InChI=1S/C8H8ClNO5S/c1-2-15-6-3-4-7(10(11)12)8(5-6)16(9,13)14/h3-5H,2H2,1H3. The van der Waals surface area contributed by atoms with Gasteiger partial charge in [0, 0.05) is 22.8 Å². The van der Waals surface area contributed by atoms with Crippen LogP contribution in [0.25, 0.3) is 0 Å². The van der Waals surface area contributed by atoms with Gasteiger partial charge in [-0.1, -0.05) is 0 Å². The minimum Gasteiger partial charge on any atom is -0.494 e. The number of hydrogen-bond donors (Lipinski definition) is 0. The van der Waals surface area contributed by atoms with Crippen LogP contribution in [0.5, 0.6) is 5.75 Å². The van der Waals surface area contributed by atoms with E-state index >= 15 is 0 Å². The second-order valence-corrected chi connectivity index (χ2v) is 5.29. The first-order valence-corrected chi connectivity index (χ1v) is 6.53. The molecule has 0 aliphatic rings. The number of benzene rings is 1. The molecule has 16 heavy (non-hydrogen) atoms. The van der Waals surface area contributed by atoms with Gasteiger partial charge in [-0.25, -0.2) is 8.42 Å². The Kier molecular flexibility index (Phi) is 3.71. The molecule has 0 aliphatic carbocycles. The van der Waals surface area contributed by atoms with Crippen molar-refractivity contribution in [1.82, 2.24) is 0 Å². The lowest BCUT2D eigenvalue weighted by Gasteiger charge is -2.04. The fraction of sp³-hybridized carbons (Fsp3) is 0.250. The quantitative estimate of drug-likeness (QED) is 0.471. The van der Waals surface area contributed by atoms with Gasteiger partial charge in [0.2, 0.25) is 0 Å². The number of nitrogens with zero attached hydrogens (tertiary/aromatic N) is 1. The normalized spacial score (nSPS) is 11.1. The number of hydrogen-bond acceptors (Lipinski definition) is 5. The van der Waals surface area contributed by atoms with Gasteiger partial charge in [-0.15, -0.1) is 0 Å². The predicted molar refractivity (Wildman–Crippen MR) is 57.3 cm³/mol. The summed E-state index contributed by atoms with van der Waals surface area (Å²) >= 11 is 0. The fourth-order valence-electron chi connectivity index (χ4n) is 1.10. The van der Waals surface area contributed by atoms with Gasteiger partial charge < -0.3 is 4.74 Å². The van der Waals surface area contributed by atoms with Crippen molar-refractivity contribution in [2.45, 2.75) is 11.8 Å². The van der Waals surface area contributed by atoms with E-state index in [0.717, 1.165) is 12.1 Å². The largest absolute Gasteiger partial charge is 0.494 e. The van der Waals surface area contributed by atoms with Crippen LogP contribution in [-0.4, -0.2) is 19.9 Å². The SMILES string of the molecule is CCOc1ccc([N+](=O)[O-])c(S(=O)(=O)Cl)c1. The Hall–Kier alpha value is -1.34. The summed E-state index contributed by atoms with van der Waals surface area (Å²) in [6.07, 6.45) is 0. The first kappa shape index (κ1) is 12.7. The lowest BCUT2D eigenvalue weighted by atomic mass is 10.3. The van der Waals surface area contributed by atoms with Gasteiger partial charge in [0.1, 0.15) is 5.75 Å². The zero-order valence-electron chi connectivity index (χ0n) is 8.21. The molecule has 0 amide bonds. The van der Waals surface area contributed by atoms with E-state index in [9.17, 15) is 18.5 Å². The average molecular weight is 266 g/mol. The maximum absolute atomic E-state index is 11.1. The third kappa shape index (κ3) is 2.83. The van der Waals surface area contributed by atoms with E-state index < -0.39 is 24.6 Å². The second kappa shape index (κ2) is 4.67. The molecule has 0 atom stereocenters. The van der Waals surface area contributed by atoms with Crippen LogP contribution < -0.4 is 4.74 Å². The molecule has 0 spiro atoms. The zero-order chi connectivity index (χ0) is 12.3. The van der Waals surface area contributed by atoms with Gasteiger partial charge in [-0.2, -0.15) is 0 Å². The summed E-state index contributed by atoms with van der Waals surface area (Å²) in [5.74, 6) is 0.215. The van der Waals surface area contributed by atoms with Crippen molar-refractivity contribution in [2.24, 2.45) is 0 Å². The van der Waals surface area contributed by atoms with Crippen molar-refractivity contribution < 1.29 is 18.1 Å². The second-order valence-electron chi connectivity index (χ2n) is 2.76. The molecule has 0 aliphatic heterocycles. The predicted octanol–water partition coefficient (Wildman–Crippen LogP) is 1.92. The summed E-state index contributed by atoms with van der Waals surface area (Å²) in [5.41, 5.74) is -0.571. The molecule has 0 radical (unpaired) electrons. The van der Waals surface area contributed by atoms with E-state index in [1.165, 1.54) is 6.07 Å². The summed E-state index contributed by atoms with van der Waals surface area (Å²) in [6, 6.07) is 3.39. The van der Waals surface area contributed by atoms with Crippen LogP contribution in [0.4, 0.5) is 5.69 Å². The highest BCUT2D eigenvalue weighted by Crippen LogP contribution is 2.30. The van der Waals surface area contributed by atoms with Gasteiger partial charge in [0.05, 0.1) is 11.5 Å². The Balaban J connectivity index is 3.39. The molecule has 0 unspecified atom stereocenters. The first-order chi connectivity index (χ1) is 7.36. The summed E-state index contributed by atoms with van der Waals surface area (Å²) in [4.78, 5) is 9.20. The molecule has 0 bridgehead atoms. The van der Waals surface area contributed by atoms with E-state index in [4.69, 9.17) is 15.4 Å². The maximum atomic E-state index is 11.1. The molecule has 1 aromatic rings. The molecule has 1 rings (SSSR count). The molecular weight excluding hydrogens is 258 g/mol. The Labute approximate surface area is 96.4 Å². The van der Waals surface area contributed by atoms with E-state index in [-0.39, 0.29) is 5.75 Å². The van der Waals surface area contributed by atoms with Crippen LogP contribution in [0.2, 0.25) is 0 Å². The Morgan fingerprint density at radius 3 is 2.56 bits per heavy atom. The monoisotopic (exact) mass is 265 g/mol. The fourth-order valence-corrected chi connectivity index (χ4v) is 2.12. The number of nitro benzene ring substituents is 1. The molecule has 0 aromatic heterocycles. The van der Waals surface area contributed by atoms with E-state index in [2.05, 4.69) is 0 Å². The van der Waals surface area contributed by atoms with Crippen LogP contribution >= 0.6 is 10.7 Å². The zero-order valence-corrected chi connectivity index (χ0v) is 9.79. The number of halogens is 1. The van der Waals surface area contributed by atoms with Gasteiger partial charge >= 0.3 is 0 Å². The van der Waals surface area contributed by atoms with E-state index in [1.807, 2.05) is 0 Å². The highest BCUT2D eigenvalue weighted by Gasteiger charge is 2.24. The van der Waals surface area contributed by atoms with Crippen molar-refractivity contribution in [3.8, 4) is 5.75 Å². The molecule has 0 heterocycles. The molecule has 0 fully saturated rings. The number of nitro groups is 1. The molecule has 0 saturated carbocycles. The summed E-state index contributed by atoms with van der Waals surface area (Å²) < 4.78 is 27.3.